The van der Waals surface area contributed by atoms with Gasteiger partial charge >= 0.3 is 0 Å². The summed E-state index contributed by atoms with van der Waals surface area (Å²) in [6.07, 6.45) is -10.2. The van der Waals surface area contributed by atoms with Gasteiger partial charge in [-0.2, -0.15) is 0 Å². The maximum Gasteiger partial charge on any atom is 0.189 e. The third-order valence-corrected chi connectivity index (χ3v) is 1.60. The van der Waals surface area contributed by atoms with Crippen molar-refractivity contribution in [3.05, 3.63) is 0 Å². The molecule has 1 unspecified atom stereocenters. The van der Waals surface area contributed by atoms with Crippen molar-refractivity contribution in [2.24, 2.45) is 0 Å². The van der Waals surface area contributed by atoms with Crippen molar-refractivity contribution < 1.29 is 36.5 Å². The summed E-state index contributed by atoms with van der Waals surface area (Å²) in [5.41, 5.74) is 0. The summed E-state index contributed by atoms with van der Waals surface area (Å²) in [4.78, 5) is 20.9. The number of Topliss-reactive ketones (excluding diaryl/α,β-unsaturated/α-hetero) is 1. The number of aliphatic hydroxyl groups excluding tert-OH is 5. The highest BCUT2D eigenvalue weighted by Crippen LogP contribution is 2.04. The SMILES string of the molecule is [2H]C(=O)C(O)[C@@H](O)[C@@H](O)[C@H](O)C(=O)CO. The van der Waals surface area contributed by atoms with Crippen LogP contribution in [0.2, 0.25) is 0 Å². The van der Waals surface area contributed by atoms with E-state index in [-0.39, 0.29) is 0 Å². The molecule has 0 aromatic carbocycles. The van der Waals surface area contributed by atoms with Crippen LogP contribution in [0.4, 0.5) is 0 Å². The fraction of sp³-hybridized carbons (Fsp3) is 0.714. The predicted molar refractivity (Wildman–Crippen MR) is 42.2 cm³/mol. The lowest BCUT2D eigenvalue weighted by atomic mass is 10.0. The second-order valence-corrected chi connectivity index (χ2v) is 2.61. The molecule has 0 spiro atoms. The number of hydrogen-bond donors (Lipinski definition) is 5. The molecule has 0 amide bonds. The van der Waals surface area contributed by atoms with Crippen molar-refractivity contribution in [1.29, 1.82) is 0 Å². The van der Waals surface area contributed by atoms with Gasteiger partial charge in [-0.15, -0.1) is 0 Å². The lowest BCUT2D eigenvalue weighted by molar-refractivity contribution is -0.150. The van der Waals surface area contributed by atoms with Gasteiger partial charge in [-0.3, -0.25) is 4.79 Å². The van der Waals surface area contributed by atoms with Gasteiger partial charge in [0.15, 0.2) is 12.0 Å². The Morgan fingerprint density at radius 2 is 1.79 bits per heavy atom. The van der Waals surface area contributed by atoms with Crippen LogP contribution >= 0.6 is 0 Å². The molecule has 0 aromatic heterocycles. The lowest BCUT2D eigenvalue weighted by Gasteiger charge is -2.22. The van der Waals surface area contributed by atoms with Crippen LogP contribution in [0, 0.1) is 0 Å². The van der Waals surface area contributed by atoms with Crippen LogP contribution in [0.3, 0.4) is 0 Å². The molecule has 0 aliphatic rings. The van der Waals surface area contributed by atoms with Crippen molar-refractivity contribution >= 4 is 12.0 Å². The maximum absolute atomic E-state index is 10.7. The van der Waals surface area contributed by atoms with Gasteiger partial charge in [0.25, 0.3) is 0 Å². The average molecular weight is 209 g/mol. The molecule has 0 heterocycles. The highest BCUT2D eigenvalue weighted by molar-refractivity contribution is 5.84. The Labute approximate surface area is 80.6 Å². The monoisotopic (exact) mass is 209 g/mol. The fourth-order valence-electron chi connectivity index (χ4n) is 0.727. The summed E-state index contributed by atoms with van der Waals surface area (Å²) in [5.74, 6) is -1.17. The zero-order chi connectivity index (χ0) is 12.2. The Morgan fingerprint density at radius 3 is 2.14 bits per heavy atom. The summed E-state index contributed by atoms with van der Waals surface area (Å²) < 4.78 is 6.42. The van der Waals surface area contributed by atoms with Gasteiger partial charge in [0, 0.05) is 0 Å². The molecule has 4 atom stereocenters. The van der Waals surface area contributed by atoms with E-state index in [4.69, 9.17) is 26.9 Å². The first-order valence-electron chi connectivity index (χ1n) is 4.19. The Bertz CT molecular complexity index is 243. The minimum Gasteiger partial charge on any atom is -0.388 e. The molecule has 0 rings (SSSR count). The molecule has 0 bridgehead atoms. The van der Waals surface area contributed by atoms with E-state index in [1.54, 1.807) is 0 Å². The van der Waals surface area contributed by atoms with Crippen LogP contribution in [0.1, 0.15) is 1.37 Å². The zero-order valence-corrected chi connectivity index (χ0v) is 7.07. The van der Waals surface area contributed by atoms with Gasteiger partial charge < -0.3 is 30.3 Å². The van der Waals surface area contributed by atoms with E-state index in [0.717, 1.165) is 0 Å². The second-order valence-electron chi connectivity index (χ2n) is 2.61. The van der Waals surface area contributed by atoms with Crippen molar-refractivity contribution in [2.75, 3.05) is 6.61 Å². The van der Waals surface area contributed by atoms with E-state index in [9.17, 15) is 9.59 Å². The first-order chi connectivity index (χ1) is 6.82. The predicted octanol–water partition coefficient (Wildman–Crippen LogP) is -3.81. The number of carbonyl (C=O) groups is 2. The summed E-state index contributed by atoms with van der Waals surface area (Å²) >= 11 is 0. The molecule has 7 heteroatoms. The fourth-order valence-corrected chi connectivity index (χ4v) is 0.727. The summed E-state index contributed by atoms with van der Waals surface area (Å²) in [5, 5.41) is 44.3. The van der Waals surface area contributed by atoms with Crippen LogP contribution in [0.25, 0.3) is 0 Å². The van der Waals surface area contributed by atoms with E-state index in [2.05, 4.69) is 0 Å². The van der Waals surface area contributed by atoms with Crippen LogP contribution < -0.4 is 0 Å². The van der Waals surface area contributed by atoms with E-state index in [1.807, 2.05) is 0 Å². The van der Waals surface area contributed by atoms with Gasteiger partial charge in [0.05, 0.1) is 0 Å². The van der Waals surface area contributed by atoms with Crippen molar-refractivity contribution in [3.8, 4) is 0 Å². The molecule has 0 saturated heterocycles. The third kappa shape index (κ3) is 3.13. The largest absolute Gasteiger partial charge is 0.388 e. The highest BCUT2D eigenvalue weighted by atomic mass is 16.4. The van der Waals surface area contributed by atoms with E-state index in [1.165, 1.54) is 0 Å². The summed E-state index contributed by atoms with van der Waals surface area (Å²) in [6, 6.07) is 0. The standard InChI is InChI=1S/C7H12O7/c8-1-3(10)5(12)7(14)6(13)4(11)2-9/h1,3,5-7,9-10,12-14H,2H2/t3?,5-,6-,7-/m1/s1/i1D. The molecule has 0 aromatic rings. The van der Waals surface area contributed by atoms with Crippen molar-refractivity contribution in [3.63, 3.8) is 0 Å². The van der Waals surface area contributed by atoms with E-state index in [0.29, 0.717) is 0 Å². The number of aldehydes is 1. The Kier molecular flexibility index (Phi) is 4.63. The number of carbonyl (C=O) groups excluding carboxylic acids is 2. The molecule has 7 nitrogen and oxygen atoms in total. The third-order valence-electron chi connectivity index (χ3n) is 1.60. The van der Waals surface area contributed by atoms with Crippen molar-refractivity contribution in [1.82, 2.24) is 0 Å². The second kappa shape index (κ2) is 5.78. The average Bonchev–Trinajstić information content (AvgIpc) is 2.23. The molecule has 0 saturated carbocycles. The van der Waals surface area contributed by atoms with Gasteiger partial charge in [-0.1, -0.05) is 0 Å². The van der Waals surface area contributed by atoms with E-state index < -0.39 is 43.1 Å². The molecular weight excluding hydrogens is 196 g/mol. The molecule has 14 heavy (non-hydrogen) atoms. The van der Waals surface area contributed by atoms with Crippen LogP contribution in [0.5, 0.6) is 0 Å². The molecule has 0 aliphatic heterocycles. The van der Waals surface area contributed by atoms with Crippen molar-refractivity contribution in [2.45, 2.75) is 24.4 Å². The minimum atomic E-state index is -2.22. The smallest absolute Gasteiger partial charge is 0.189 e. The summed E-state index contributed by atoms with van der Waals surface area (Å²) in [7, 11) is 0. The number of hydrogen-bond acceptors (Lipinski definition) is 7. The first-order valence-corrected chi connectivity index (χ1v) is 3.69. The normalized spacial score (nSPS) is 20.5. The van der Waals surface area contributed by atoms with Gasteiger partial charge in [-0.25, -0.2) is 0 Å². The number of aliphatic hydroxyl groups is 5. The van der Waals surface area contributed by atoms with Crippen LogP contribution in [-0.2, 0) is 9.59 Å². The minimum absolute atomic E-state index is 1.06. The Hall–Kier alpha value is -0.860. The molecule has 0 aliphatic carbocycles. The van der Waals surface area contributed by atoms with Gasteiger partial charge in [0.2, 0.25) is 0 Å². The Balaban J connectivity index is 4.49. The maximum atomic E-state index is 10.7. The topological polar surface area (TPSA) is 135 Å². The number of rotatable bonds is 6. The summed E-state index contributed by atoms with van der Waals surface area (Å²) in [6.45, 7) is -1.06. The van der Waals surface area contributed by atoms with Crippen LogP contribution in [-0.4, -0.2) is 68.6 Å². The molecule has 5 N–H and O–H groups in total. The van der Waals surface area contributed by atoms with Gasteiger partial charge in [-0.05, 0) is 0 Å². The quantitative estimate of drug-likeness (QED) is 0.283. The highest BCUT2D eigenvalue weighted by Gasteiger charge is 2.33. The van der Waals surface area contributed by atoms with Crippen LogP contribution in [0.15, 0.2) is 0 Å². The Morgan fingerprint density at radius 1 is 1.29 bits per heavy atom. The molecule has 82 valence electrons. The molecule has 0 fully saturated rings. The molecule has 0 radical (unpaired) electrons. The zero-order valence-electron chi connectivity index (χ0n) is 8.07. The molecular formula is C7H12O7. The van der Waals surface area contributed by atoms with Gasteiger partial charge in [0.1, 0.15) is 32.4 Å². The number of ketones is 1. The van der Waals surface area contributed by atoms with E-state index >= 15 is 0 Å². The lowest BCUT2D eigenvalue weighted by Crippen LogP contribution is -2.48. The first kappa shape index (κ1) is 11.2.